The third-order valence-electron chi connectivity index (χ3n) is 4.12. The van der Waals surface area contributed by atoms with Gasteiger partial charge in [-0.15, -0.1) is 0 Å². The number of amides is 1. The fraction of sp³-hybridized carbons (Fsp3) is 0.562. The van der Waals surface area contributed by atoms with Gasteiger partial charge < -0.3 is 10.5 Å². The van der Waals surface area contributed by atoms with Crippen LogP contribution in [0.5, 0.6) is 0 Å². The van der Waals surface area contributed by atoms with Crippen molar-refractivity contribution in [1.82, 2.24) is 4.90 Å². The zero-order valence-electron chi connectivity index (χ0n) is 12.6. The van der Waals surface area contributed by atoms with Crippen molar-refractivity contribution < 1.29 is 9.53 Å². The molecule has 1 heterocycles. The molecule has 1 saturated heterocycles. The first-order valence-corrected chi connectivity index (χ1v) is 7.12. The number of likely N-dealkylation sites (tertiary alicyclic amines) is 1. The summed E-state index contributed by atoms with van der Waals surface area (Å²) in [5.41, 5.74) is 5.89. The van der Waals surface area contributed by atoms with Gasteiger partial charge in [-0.05, 0) is 26.3 Å². The summed E-state index contributed by atoms with van der Waals surface area (Å²) in [4.78, 5) is 13.7. The normalized spacial score (nSPS) is 19.6. The van der Waals surface area contributed by atoms with Crippen LogP contribution in [0.3, 0.4) is 0 Å². The van der Waals surface area contributed by atoms with Crippen LogP contribution in [-0.2, 0) is 10.3 Å². The van der Waals surface area contributed by atoms with E-state index in [9.17, 15) is 4.79 Å². The van der Waals surface area contributed by atoms with Crippen molar-refractivity contribution in [3.05, 3.63) is 35.9 Å². The Morgan fingerprint density at radius 2 is 1.75 bits per heavy atom. The summed E-state index contributed by atoms with van der Waals surface area (Å²) < 4.78 is 5.54. The molecule has 0 aliphatic carbocycles. The standard InChI is InChI=1S/C16H24N2O2/c1-15(2,3)18-11-9-16(10-12-18,20-14(17)19)13-7-5-4-6-8-13/h4-8H,9-12H2,1-3H3,(H2,17,19). The van der Waals surface area contributed by atoms with Crippen molar-refractivity contribution in [2.75, 3.05) is 13.1 Å². The van der Waals surface area contributed by atoms with Crippen LogP contribution in [0, 0.1) is 0 Å². The summed E-state index contributed by atoms with van der Waals surface area (Å²) in [6.07, 6.45) is 0.854. The largest absolute Gasteiger partial charge is 0.438 e. The molecule has 4 heteroatoms. The Balaban J connectivity index is 2.22. The van der Waals surface area contributed by atoms with Gasteiger partial charge in [-0.2, -0.15) is 0 Å². The number of piperidine rings is 1. The number of carbonyl (C=O) groups excluding carboxylic acids is 1. The van der Waals surface area contributed by atoms with Crippen molar-refractivity contribution in [3.8, 4) is 0 Å². The third kappa shape index (κ3) is 3.12. The number of nitrogens with zero attached hydrogens (tertiary/aromatic N) is 1. The molecule has 1 aromatic carbocycles. The van der Waals surface area contributed by atoms with Gasteiger partial charge in [0, 0.05) is 31.5 Å². The lowest BCUT2D eigenvalue weighted by Crippen LogP contribution is -2.52. The SMILES string of the molecule is CC(C)(C)N1CCC(OC(N)=O)(c2ccccc2)CC1. The van der Waals surface area contributed by atoms with Gasteiger partial charge in [-0.3, -0.25) is 4.90 Å². The average molecular weight is 276 g/mol. The Morgan fingerprint density at radius 3 is 2.20 bits per heavy atom. The van der Waals surface area contributed by atoms with Crippen LogP contribution >= 0.6 is 0 Å². The molecular weight excluding hydrogens is 252 g/mol. The first-order chi connectivity index (χ1) is 9.33. The van der Waals surface area contributed by atoms with Gasteiger partial charge in [0.15, 0.2) is 0 Å². The first kappa shape index (κ1) is 14.9. The van der Waals surface area contributed by atoms with Crippen LogP contribution in [0.1, 0.15) is 39.2 Å². The van der Waals surface area contributed by atoms with Crippen molar-refractivity contribution >= 4 is 6.09 Å². The Bertz CT molecular complexity index is 457. The highest BCUT2D eigenvalue weighted by atomic mass is 16.6. The predicted molar refractivity (Wildman–Crippen MR) is 79.3 cm³/mol. The maximum absolute atomic E-state index is 11.3. The highest BCUT2D eigenvalue weighted by Crippen LogP contribution is 2.38. The second-order valence-corrected chi connectivity index (χ2v) is 6.44. The number of ether oxygens (including phenoxy) is 1. The Labute approximate surface area is 120 Å². The van der Waals surface area contributed by atoms with E-state index in [0.29, 0.717) is 0 Å². The number of rotatable bonds is 2. The monoisotopic (exact) mass is 276 g/mol. The van der Waals surface area contributed by atoms with Crippen LogP contribution in [0.25, 0.3) is 0 Å². The van der Waals surface area contributed by atoms with Crippen LogP contribution in [0.15, 0.2) is 30.3 Å². The number of hydrogen-bond donors (Lipinski definition) is 1. The lowest BCUT2D eigenvalue weighted by atomic mass is 9.83. The molecule has 0 atom stereocenters. The molecule has 1 aliphatic heterocycles. The van der Waals surface area contributed by atoms with Gasteiger partial charge in [0.25, 0.3) is 0 Å². The minimum Gasteiger partial charge on any atom is -0.438 e. The van der Waals surface area contributed by atoms with Crippen molar-refractivity contribution in [2.24, 2.45) is 5.73 Å². The summed E-state index contributed by atoms with van der Waals surface area (Å²) >= 11 is 0. The van der Waals surface area contributed by atoms with Gasteiger partial charge in [-0.25, -0.2) is 4.79 Å². The first-order valence-electron chi connectivity index (χ1n) is 7.12. The van der Waals surface area contributed by atoms with Crippen LogP contribution in [0.2, 0.25) is 0 Å². The van der Waals surface area contributed by atoms with E-state index in [1.165, 1.54) is 0 Å². The maximum atomic E-state index is 11.3. The van der Waals surface area contributed by atoms with E-state index >= 15 is 0 Å². The molecule has 4 nitrogen and oxygen atoms in total. The topological polar surface area (TPSA) is 55.6 Å². The van der Waals surface area contributed by atoms with Gasteiger partial charge in [0.05, 0.1) is 0 Å². The van der Waals surface area contributed by atoms with E-state index < -0.39 is 11.7 Å². The van der Waals surface area contributed by atoms with Crippen molar-refractivity contribution in [2.45, 2.75) is 44.8 Å². The van der Waals surface area contributed by atoms with E-state index in [1.807, 2.05) is 30.3 Å². The number of primary amides is 1. The average Bonchev–Trinajstić information content (AvgIpc) is 2.38. The third-order valence-corrected chi connectivity index (χ3v) is 4.12. The second-order valence-electron chi connectivity index (χ2n) is 6.44. The summed E-state index contributed by atoms with van der Waals surface area (Å²) in [5, 5.41) is 0. The van der Waals surface area contributed by atoms with Crippen molar-refractivity contribution in [3.63, 3.8) is 0 Å². The van der Waals surface area contributed by atoms with E-state index in [2.05, 4.69) is 25.7 Å². The number of nitrogens with two attached hydrogens (primary N) is 1. The maximum Gasteiger partial charge on any atom is 0.405 e. The van der Waals surface area contributed by atoms with E-state index in [4.69, 9.17) is 10.5 Å². The summed E-state index contributed by atoms with van der Waals surface area (Å²) in [6.45, 7) is 8.41. The highest BCUT2D eigenvalue weighted by molar-refractivity contribution is 5.65. The number of hydrogen-bond acceptors (Lipinski definition) is 3. The molecule has 0 radical (unpaired) electrons. The van der Waals surface area contributed by atoms with Gasteiger partial charge >= 0.3 is 6.09 Å². The van der Waals surface area contributed by atoms with E-state index in [1.54, 1.807) is 0 Å². The molecule has 1 aromatic rings. The van der Waals surface area contributed by atoms with Crippen LogP contribution in [0.4, 0.5) is 4.79 Å². The fourth-order valence-electron chi connectivity index (χ4n) is 2.92. The summed E-state index contributed by atoms with van der Waals surface area (Å²) in [5.74, 6) is 0. The molecule has 0 spiro atoms. The van der Waals surface area contributed by atoms with Crippen LogP contribution < -0.4 is 5.73 Å². The molecule has 20 heavy (non-hydrogen) atoms. The lowest BCUT2D eigenvalue weighted by molar-refractivity contribution is -0.0532. The van der Waals surface area contributed by atoms with E-state index in [0.717, 1.165) is 31.5 Å². The molecule has 1 fully saturated rings. The molecule has 1 amide bonds. The number of carbonyl (C=O) groups is 1. The lowest BCUT2D eigenvalue weighted by Gasteiger charge is -2.46. The molecule has 0 aromatic heterocycles. The summed E-state index contributed by atoms with van der Waals surface area (Å²) in [6, 6.07) is 9.92. The molecule has 2 rings (SSSR count). The molecule has 0 saturated carbocycles. The Hall–Kier alpha value is -1.55. The predicted octanol–water partition coefficient (Wildman–Crippen LogP) is 2.87. The smallest absolute Gasteiger partial charge is 0.405 e. The molecule has 0 unspecified atom stereocenters. The second kappa shape index (κ2) is 5.44. The Kier molecular flexibility index (Phi) is 4.04. The van der Waals surface area contributed by atoms with Gasteiger partial charge in [-0.1, -0.05) is 30.3 Å². The quantitative estimate of drug-likeness (QED) is 0.903. The molecule has 0 bridgehead atoms. The number of benzene rings is 1. The molecule has 2 N–H and O–H groups in total. The van der Waals surface area contributed by atoms with Crippen molar-refractivity contribution in [1.29, 1.82) is 0 Å². The fourth-order valence-corrected chi connectivity index (χ4v) is 2.92. The van der Waals surface area contributed by atoms with Gasteiger partial charge in [0.1, 0.15) is 5.60 Å². The molecular formula is C16H24N2O2. The minimum atomic E-state index is -0.696. The highest BCUT2D eigenvalue weighted by Gasteiger charge is 2.41. The molecule has 110 valence electrons. The Morgan fingerprint density at radius 1 is 1.20 bits per heavy atom. The summed E-state index contributed by atoms with van der Waals surface area (Å²) in [7, 11) is 0. The zero-order valence-corrected chi connectivity index (χ0v) is 12.6. The van der Waals surface area contributed by atoms with Gasteiger partial charge in [0.2, 0.25) is 0 Å². The van der Waals surface area contributed by atoms with E-state index in [-0.39, 0.29) is 5.54 Å². The minimum absolute atomic E-state index is 0.134. The molecule has 1 aliphatic rings. The zero-order chi connectivity index (χ0) is 14.8. The van der Waals surface area contributed by atoms with Crippen LogP contribution in [-0.4, -0.2) is 29.6 Å².